The average Bonchev–Trinajstić information content (AvgIpc) is 2.97. The van der Waals surface area contributed by atoms with Gasteiger partial charge in [-0.1, -0.05) is 6.07 Å². The molecule has 0 saturated carbocycles. The number of amides is 4. The van der Waals surface area contributed by atoms with Gasteiger partial charge in [-0.2, -0.15) is 0 Å². The number of nitrogens with one attached hydrogen (secondary N) is 2. The van der Waals surface area contributed by atoms with Crippen LogP contribution in [0.1, 0.15) is 12.5 Å². The maximum atomic E-state index is 13.8. The molecular weight excluding hydrogens is 419 g/mol. The molecule has 4 rings (SSSR count). The van der Waals surface area contributed by atoms with Crippen molar-refractivity contribution in [2.45, 2.75) is 12.5 Å². The zero-order valence-electron chi connectivity index (χ0n) is 16.1. The van der Waals surface area contributed by atoms with Crippen LogP contribution in [0.4, 0.5) is 23.7 Å². The molecule has 4 amide bonds. The first kappa shape index (κ1) is 20.5. The Morgan fingerprint density at radius 3 is 2.55 bits per heavy atom. The number of imide groups is 1. The van der Waals surface area contributed by atoms with Crippen molar-refractivity contribution in [2.75, 3.05) is 25.1 Å². The molecule has 162 valence electrons. The molecule has 0 bridgehead atoms. The zero-order chi connectivity index (χ0) is 22.3. The number of nitrogens with zero attached hydrogens (tertiary/aromatic N) is 1. The Morgan fingerprint density at radius 2 is 1.81 bits per heavy atom. The van der Waals surface area contributed by atoms with Gasteiger partial charge in [0.2, 0.25) is 5.91 Å². The van der Waals surface area contributed by atoms with Gasteiger partial charge in [-0.3, -0.25) is 14.5 Å². The lowest BCUT2D eigenvalue weighted by atomic mass is 9.91. The van der Waals surface area contributed by atoms with E-state index >= 15 is 0 Å². The molecule has 2 aromatic rings. The van der Waals surface area contributed by atoms with Crippen molar-refractivity contribution in [1.82, 2.24) is 10.2 Å². The maximum Gasteiger partial charge on any atom is 0.325 e. The number of carbonyl (C=O) groups is 3. The first-order chi connectivity index (χ1) is 14.7. The van der Waals surface area contributed by atoms with Crippen LogP contribution in [0.15, 0.2) is 30.3 Å². The van der Waals surface area contributed by atoms with E-state index in [-0.39, 0.29) is 0 Å². The third-order valence-corrected chi connectivity index (χ3v) is 5.01. The van der Waals surface area contributed by atoms with E-state index in [1.54, 1.807) is 18.2 Å². The first-order valence-corrected chi connectivity index (χ1v) is 9.18. The zero-order valence-corrected chi connectivity index (χ0v) is 16.1. The summed E-state index contributed by atoms with van der Waals surface area (Å²) in [6.45, 7) is 1.43. The fourth-order valence-corrected chi connectivity index (χ4v) is 3.35. The summed E-state index contributed by atoms with van der Waals surface area (Å²) in [6.07, 6.45) is 0. The monoisotopic (exact) mass is 435 g/mol. The molecule has 2 aromatic carbocycles. The lowest BCUT2D eigenvalue weighted by molar-refractivity contribution is -0.133. The minimum Gasteiger partial charge on any atom is -0.486 e. The van der Waals surface area contributed by atoms with E-state index in [0.717, 1.165) is 6.07 Å². The minimum absolute atomic E-state index is 0.334. The summed E-state index contributed by atoms with van der Waals surface area (Å²) in [5.74, 6) is -5.54. The standard InChI is InChI=1S/C20H16F3N3O5/c1-20(10-2-5-13-14(8-10)31-7-6-30-13)18(28)26(19(29)25-20)9-15(27)24-12-4-3-11(21)16(22)17(12)23/h2-5,8H,6-7,9H2,1H3,(H,24,27)(H,25,29)/t20-/m0/s1. The highest BCUT2D eigenvalue weighted by Gasteiger charge is 2.49. The Hall–Kier alpha value is -3.76. The van der Waals surface area contributed by atoms with Gasteiger partial charge in [0.25, 0.3) is 5.91 Å². The molecule has 11 heteroatoms. The van der Waals surface area contributed by atoms with Crippen LogP contribution in [0.25, 0.3) is 0 Å². The van der Waals surface area contributed by atoms with Gasteiger partial charge in [0.15, 0.2) is 29.0 Å². The largest absolute Gasteiger partial charge is 0.486 e. The molecular formula is C20H16F3N3O5. The normalized spacial score (nSPS) is 19.9. The fourth-order valence-electron chi connectivity index (χ4n) is 3.35. The van der Waals surface area contributed by atoms with Gasteiger partial charge in [-0.05, 0) is 36.8 Å². The molecule has 1 fully saturated rings. The lowest BCUT2D eigenvalue weighted by Crippen LogP contribution is -2.42. The minimum atomic E-state index is -1.75. The second-order valence-electron chi connectivity index (χ2n) is 7.08. The Labute approximate surface area is 173 Å². The molecule has 0 aliphatic carbocycles. The SMILES string of the molecule is C[C@@]1(c2ccc3c(c2)OCCO3)NC(=O)N(CC(=O)Nc2ccc(F)c(F)c2F)C1=O. The molecule has 2 aliphatic rings. The van der Waals surface area contributed by atoms with Crippen LogP contribution in [0.2, 0.25) is 0 Å². The van der Waals surface area contributed by atoms with E-state index in [9.17, 15) is 27.6 Å². The Morgan fingerprint density at radius 1 is 1.10 bits per heavy atom. The fraction of sp³-hybridized carbons (Fsp3) is 0.250. The molecule has 1 atom stereocenters. The van der Waals surface area contributed by atoms with Gasteiger partial charge in [0.05, 0.1) is 5.69 Å². The third-order valence-electron chi connectivity index (χ3n) is 5.01. The number of hydrogen-bond acceptors (Lipinski definition) is 5. The van der Waals surface area contributed by atoms with Crippen molar-refractivity contribution in [1.29, 1.82) is 0 Å². The number of halogens is 3. The van der Waals surface area contributed by atoms with Crippen LogP contribution < -0.4 is 20.1 Å². The van der Waals surface area contributed by atoms with Gasteiger partial charge in [0.1, 0.15) is 25.3 Å². The number of urea groups is 1. The van der Waals surface area contributed by atoms with Crippen LogP contribution >= 0.6 is 0 Å². The van der Waals surface area contributed by atoms with Crippen molar-refractivity contribution in [3.8, 4) is 11.5 Å². The molecule has 2 N–H and O–H groups in total. The summed E-state index contributed by atoms with van der Waals surface area (Å²) in [7, 11) is 0. The van der Waals surface area contributed by atoms with Crippen LogP contribution in [0, 0.1) is 17.5 Å². The van der Waals surface area contributed by atoms with E-state index in [1.165, 1.54) is 6.92 Å². The van der Waals surface area contributed by atoms with Crippen LogP contribution in [-0.4, -0.2) is 42.5 Å². The van der Waals surface area contributed by atoms with Crippen molar-refractivity contribution in [3.05, 3.63) is 53.3 Å². The summed E-state index contributed by atoms with van der Waals surface area (Å²) in [4.78, 5) is 38.2. The molecule has 0 aromatic heterocycles. The quantitative estimate of drug-likeness (QED) is 0.568. The van der Waals surface area contributed by atoms with Crippen LogP contribution in [0.5, 0.6) is 11.5 Å². The summed E-state index contributed by atoms with van der Waals surface area (Å²) >= 11 is 0. The molecule has 8 nitrogen and oxygen atoms in total. The smallest absolute Gasteiger partial charge is 0.325 e. The van der Waals surface area contributed by atoms with Gasteiger partial charge < -0.3 is 20.1 Å². The molecule has 0 radical (unpaired) electrons. The van der Waals surface area contributed by atoms with Gasteiger partial charge in [-0.15, -0.1) is 0 Å². The topological polar surface area (TPSA) is 97.0 Å². The van der Waals surface area contributed by atoms with Gasteiger partial charge in [0, 0.05) is 0 Å². The first-order valence-electron chi connectivity index (χ1n) is 9.18. The number of anilines is 1. The van der Waals surface area contributed by atoms with Gasteiger partial charge in [-0.25, -0.2) is 18.0 Å². The molecule has 0 spiro atoms. The highest BCUT2D eigenvalue weighted by Crippen LogP contribution is 2.36. The van der Waals surface area contributed by atoms with Crippen molar-refractivity contribution >= 4 is 23.5 Å². The molecule has 31 heavy (non-hydrogen) atoms. The van der Waals surface area contributed by atoms with Crippen molar-refractivity contribution in [3.63, 3.8) is 0 Å². The number of hydrogen-bond donors (Lipinski definition) is 2. The van der Waals surface area contributed by atoms with Crippen LogP contribution in [0.3, 0.4) is 0 Å². The molecule has 0 unspecified atom stereocenters. The predicted molar refractivity (Wildman–Crippen MR) is 100.0 cm³/mol. The van der Waals surface area contributed by atoms with E-state index in [4.69, 9.17) is 9.47 Å². The van der Waals surface area contributed by atoms with E-state index in [1.807, 2.05) is 5.32 Å². The Kier molecular flexibility index (Phi) is 4.96. The van der Waals surface area contributed by atoms with E-state index in [2.05, 4.69) is 5.32 Å². The second-order valence-corrected chi connectivity index (χ2v) is 7.08. The van der Waals surface area contributed by atoms with Gasteiger partial charge >= 0.3 is 6.03 Å². The third kappa shape index (κ3) is 3.51. The molecule has 2 aliphatic heterocycles. The number of ether oxygens (including phenoxy) is 2. The van der Waals surface area contributed by atoms with Crippen molar-refractivity contribution < 1.29 is 37.0 Å². The number of carbonyl (C=O) groups excluding carboxylic acids is 3. The summed E-state index contributed by atoms with van der Waals surface area (Å²) < 4.78 is 51.1. The number of rotatable bonds is 4. The number of fused-ring (bicyclic) bond motifs is 1. The predicted octanol–water partition coefficient (Wildman–Crippen LogP) is 2.28. The average molecular weight is 435 g/mol. The Balaban J connectivity index is 1.52. The highest BCUT2D eigenvalue weighted by atomic mass is 19.2. The summed E-state index contributed by atoms with van der Waals surface area (Å²) in [5, 5.41) is 4.55. The summed E-state index contributed by atoms with van der Waals surface area (Å²) in [6, 6.07) is 5.38. The van der Waals surface area contributed by atoms with Crippen molar-refractivity contribution in [2.24, 2.45) is 0 Å². The Bertz CT molecular complexity index is 1110. The summed E-state index contributed by atoms with van der Waals surface area (Å²) in [5.41, 5.74) is -1.70. The lowest BCUT2D eigenvalue weighted by Gasteiger charge is -2.25. The van der Waals surface area contributed by atoms with E-state index < -0.39 is 53.1 Å². The number of benzene rings is 2. The van der Waals surface area contributed by atoms with E-state index in [0.29, 0.717) is 41.2 Å². The highest BCUT2D eigenvalue weighted by molar-refractivity contribution is 6.10. The maximum absolute atomic E-state index is 13.8. The molecule has 1 saturated heterocycles. The second kappa shape index (κ2) is 7.49. The molecule has 2 heterocycles. The van der Waals surface area contributed by atoms with Crippen LogP contribution in [-0.2, 0) is 15.1 Å².